The molecule has 1 aromatic carbocycles. The minimum absolute atomic E-state index is 0.0290. The van der Waals surface area contributed by atoms with Crippen LogP contribution in [-0.4, -0.2) is 21.0 Å². The van der Waals surface area contributed by atoms with Crippen LogP contribution in [0.25, 0.3) is 0 Å². The van der Waals surface area contributed by atoms with Gasteiger partial charge in [0, 0.05) is 18.0 Å². The highest BCUT2D eigenvalue weighted by molar-refractivity contribution is 7.09. The number of carbonyl (C=O) groups is 1. The summed E-state index contributed by atoms with van der Waals surface area (Å²) < 4.78 is 5.41. The van der Waals surface area contributed by atoms with Crippen molar-refractivity contribution in [2.75, 3.05) is 0 Å². The molecule has 0 saturated carbocycles. The van der Waals surface area contributed by atoms with Crippen molar-refractivity contribution in [3.8, 4) is 0 Å². The summed E-state index contributed by atoms with van der Waals surface area (Å²) in [4.78, 5) is 18.7. The quantitative estimate of drug-likeness (QED) is 0.704. The van der Waals surface area contributed by atoms with E-state index < -0.39 is 5.97 Å². The molecule has 0 aliphatic rings. The number of hydrogen-bond acceptors (Lipinski definition) is 5. The SMILES string of the molecule is Cc1ncsc1CN(Cc1ccccc1)Cc1ccc(C(=O)O)o1. The second-order valence-electron chi connectivity index (χ2n) is 5.56. The molecule has 124 valence electrons. The standard InChI is InChI=1S/C18H18N2O3S/c1-13-17(24-12-19-13)11-20(9-14-5-3-2-4-6-14)10-15-7-8-16(23-15)18(21)22/h2-8,12H,9-11H2,1H3,(H,21,22). The van der Waals surface area contributed by atoms with E-state index in [0.717, 1.165) is 18.8 Å². The molecule has 0 radical (unpaired) electrons. The first-order valence-electron chi connectivity index (χ1n) is 7.59. The Hall–Kier alpha value is -2.44. The lowest BCUT2D eigenvalue weighted by atomic mass is 10.2. The van der Waals surface area contributed by atoms with Gasteiger partial charge in [0.15, 0.2) is 0 Å². The Balaban J connectivity index is 1.77. The average molecular weight is 342 g/mol. The zero-order chi connectivity index (χ0) is 16.9. The lowest BCUT2D eigenvalue weighted by molar-refractivity contribution is 0.0658. The number of aromatic nitrogens is 1. The smallest absolute Gasteiger partial charge is 0.371 e. The Labute approximate surface area is 144 Å². The predicted octanol–water partition coefficient (Wildman–Crippen LogP) is 3.95. The van der Waals surface area contributed by atoms with Gasteiger partial charge >= 0.3 is 5.97 Å². The van der Waals surface area contributed by atoms with Gasteiger partial charge in [-0.1, -0.05) is 30.3 Å². The summed E-state index contributed by atoms with van der Waals surface area (Å²) in [6.45, 7) is 4.04. The molecule has 0 amide bonds. The Kier molecular flexibility index (Phi) is 5.08. The molecule has 0 bridgehead atoms. The maximum Gasteiger partial charge on any atom is 0.371 e. The summed E-state index contributed by atoms with van der Waals surface area (Å²) in [7, 11) is 0. The van der Waals surface area contributed by atoms with Crippen molar-refractivity contribution in [3.63, 3.8) is 0 Å². The van der Waals surface area contributed by atoms with Gasteiger partial charge < -0.3 is 9.52 Å². The molecule has 0 spiro atoms. The lowest BCUT2D eigenvalue weighted by Gasteiger charge is -2.21. The molecular weight excluding hydrogens is 324 g/mol. The molecular formula is C18H18N2O3S. The topological polar surface area (TPSA) is 66.6 Å². The van der Waals surface area contributed by atoms with Crippen molar-refractivity contribution in [2.24, 2.45) is 0 Å². The molecule has 6 heteroatoms. The van der Waals surface area contributed by atoms with Crippen LogP contribution in [0.3, 0.4) is 0 Å². The Morgan fingerprint density at radius 1 is 1.17 bits per heavy atom. The van der Waals surface area contributed by atoms with E-state index in [1.54, 1.807) is 17.4 Å². The third-order valence-corrected chi connectivity index (χ3v) is 4.63. The number of furan rings is 1. The van der Waals surface area contributed by atoms with Crippen LogP contribution in [0.4, 0.5) is 0 Å². The van der Waals surface area contributed by atoms with E-state index >= 15 is 0 Å². The molecule has 0 atom stereocenters. The molecule has 2 aromatic heterocycles. The van der Waals surface area contributed by atoms with Gasteiger partial charge in [0.1, 0.15) is 5.76 Å². The summed E-state index contributed by atoms with van der Waals surface area (Å²) in [6, 6.07) is 13.4. The summed E-state index contributed by atoms with van der Waals surface area (Å²) in [5, 5.41) is 9.00. The molecule has 0 saturated heterocycles. The van der Waals surface area contributed by atoms with E-state index in [4.69, 9.17) is 9.52 Å². The van der Waals surface area contributed by atoms with Gasteiger partial charge in [-0.05, 0) is 24.6 Å². The Morgan fingerprint density at radius 2 is 1.96 bits per heavy atom. The number of aryl methyl sites for hydroxylation is 1. The number of benzene rings is 1. The van der Waals surface area contributed by atoms with Crippen molar-refractivity contribution >= 4 is 17.3 Å². The van der Waals surface area contributed by atoms with Crippen LogP contribution in [0, 0.1) is 6.92 Å². The Bertz CT molecular complexity index is 811. The maximum absolute atomic E-state index is 11.0. The van der Waals surface area contributed by atoms with Gasteiger partial charge in [0.25, 0.3) is 0 Å². The third-order valence-electron chi connectivity index (χ3n) is 3.71. The van der Waals surface area contributed by atoms with E-state index in [0.29, 0.717) is 12.3 Å². The zero-order valence-corrected chi connectivity index (χ0v) is 14.1. The number of rotatable bonds is 7. The van der Waals surface area contributed by atoms with Crippen LogP contribution in [0.15, 0.2) is 52.4 Å². The first-order chi connectivity index (χ1) is 11.6. The van der Waals surface area contributed by atoms with Crippen molar-refractivity contribution in [1.29, 1.82) is 0 Å². The molecule has 3 rings (SSSR count). The van der Waals surface area contributed by atoms with Gasteiger partial charge in [-0.25, -0.2) is 9.78 Å². The molecule has 1 N–H and O–H groups in total. The number of aromatic carboxylic acids is 1. The van der Waals surface area contributed by atoms with Gasteiger partial charge in [0.2, 0.25) is 5.76 Å². The predicted molar refractivity (Wildman–Crippen MR) is 91.9 cm³/mol. The largest absolute Gasteiger partial charge is 0.475 e. The lowest BCUT2D eigenvalue weighted by Crippen LogP contribution is -2.22. The number of carboxylic acid groups (broad SMARTS) is 1. The fourth-order valence-corrected chi connectivity index (χ4v) is 3.31. The van der Waals surface area contributed by atoms with Crippen molar-refractivity contribution in [1.82, 2.24) is 9.88 Å². The van der Waals surface area contributed by atoms with Crippen LogP contribution in [0.2, 0.25) is 0 Å². The highest BCUT2D eigenvalue weighted by Gasteiger charge is 2.15. The fourth-order valence-electron chi connectivity index (χ4n) is 2.49. The van der Waals surface area contributed by atoms with Crippen LogP contribution in [0.1, 0.15) is 32.4 Å². The molecule has 0 aliphatic carbocycles. The van der Waals surface area contributed by atoms with Crippen LogP contribution in [-0.2, 0) is 19.6 Å². The van der Waals surface area contributed by atoms with Gasteiger partial charge in [-0.15, -0.1) is 11.3 Å². The maximum atomic E-state index is 11.0. The first kappa shape index (κ1) is 16.4. The summed E-state index contributed by atoms with van der Waals surface area (Å²) in [5.74, 6) is -0.432. The molecule has 5 nitrogen and oxygen atoms in total. The van der Waals surface area contributed by atoms with Crippen molar-refractivity contribution in [2.45, 2.75) is 26.6 Å². The molecule has 2 heterocycles. The normalized spacial score (nSPS) is 11.1. The average Bonchev–Trinajstić information content (AvgIpc) is 3.18. The number of nitrogens with zero attached hydrogens (tertiary/aromatic N) is 2. The molecule has 0 aliphatic heterocycles. The molecule has 0 unspecified atom stereocenters. The highest BCUT2D eigenvalue weighted by Crippen LogP contribution is 2.20. The number of thiazole rings is 1. The van der Waals surface area contributed by atoms with Crippen LogP contribution < -0.4 is 0 Å². The second kappa shape index (κ2) is 7.42. The minimum atomic E-state index is -1.05. The zero-order valence-electron chi connectivity index (χ0n) is 13.3. The molecule has 3 aromatic rings. The van der Waals surface area contributed by atoms with Gasteiger partial charge in [-0.2, -0.15) is 0 Å². The van der Waals surface area contributed by atoms with Crippen LogP contribution in [0.5, 0.6) is 0 Å². The van der Waals surface area contributed by atoms with Crippen molar-refractivity contribution in [3.05, 3.63) is 75.6 Å². The molecule has 24 heavy (non-hydrogen) atoms. The first-order valence-corrected chi connectivity index (χ1v) is 8.47. The Morgan fingerprint density at radius 3 is 2.58 bits per heavy atom. The van der Waals surface area contributed by atoms with E-state index in [9.17, 15) is 4.79 Å². The highest BCUT2D eigenvalue weighted by atomic mass is 32.1. The third kappa shape index (κ3) is 4.10. The summed E-state index contributed by atoms with van der Waals surface area (Å²) in [5.41, 5.74) is 4.08. The van der Waals surface area contributed by atoms with Crippen molar-refractivity contribution < 1.29 is 14.3 Å². The van der Waals surface area contributed by atoms with Gasteiger partial charge in [0.05, 0.1) is 17.7 Å². The summed E-state index contributed by atoms with van der Waals surface area (Å²) in [6.07, 6.45) is 0. The monoisotopic (exact) mass is 342 g/mol. The van der Waals surface area contributed by atoms with Crippen LogP contribution >= 0.6 is 11.3 Å². The number of carboxylic acids is 1. The van der Waals surface area contributed by atoms with E-state index in [1.807, 2.05) is 30.6 Å². The summed E-state index contributed by atoms with van der Waals surface area (Å²) >= 11 is 1.63. The number of hydrogen-bond donors (Lipinski definition) is 1. The minimum Gasteiger partial charge on any atom is -0.475 e. The van der Waals surface area contributed by atoms with E-state index in [-0.39, 0.29) is 5.76 Å². The van der Waals surface area contributed by atoms with E-state index in [2.05, 4.69) is 22.0 Å². The second-order valence-corrected chi connectivity index (χ2v) is 6.50. The molecule has 0 fully saturated rings. The fraction of sp³-hybridized carbons (Fsp3) is 0.222. The van der Waals surface area contributed by atoms with E-state index in [1.165, 1.54) is 16.5 Å². The van der Waals surface area contributed by atoms with Gasteiger partial charge in [-0.3, -0.25) is 4.90 Å².